The van der Waals surface area contributed by atoms with Crippen LogP contribution in [0.2, 0.25) is 0 Å². The molecule has 88 valence electrons. The molecule has 3 N–H and O–H groups in total. The summed E-state index contributed by atoms with van der Waals surface area (Å²) in [7, 11) is 1.53. The number of hydrogen-bond acceptors (Lipinski definition) is 6. The van der Waals surface area contributed by atoms with Gasteiger partial charge in [0.2, 0.25) is 11.8 Å². The Morgan fingerprint density at radius 1 is 1.56 bits per heavy atom. The minimum atomic E-state index is -0.483. The molecular weight excluding hydrogens is 212 g/mol. The van der Waals surface area contributed by atoms with Crippen LogP contribution >= 0.6 is 0 Å². The molecule has 16 heavy (non-hydrogen) atoms. The van der Waals surface area contributed by atoms with Gasteiger partial charge in [-0.15, -0.1) is 0 Å². The first-order valence-electron chi connectivity index (χ1n) is 4.68. The van der Waals surface area contributed by atoms with E-state index in [4.69, 9.17) is 15.2 Å². The van der Waals surface area contributed by atoms with Crippen LogP contribution in [-0.4, -0.2) is 42.7 Å². The van der Waals surface area contributed by atoms with Crippen molar-refractivity contribution in [2.24, 2.45) is 5.73 Å². The number of amides is 1. The number of methoxy groups -OCH3 is 1. The number of hydrogen-bond donors (Lipinski definition) is 2. The lowest BCUT2D eigenvalue weighted by Gasteiger charge is -2.06. The standard InChI is InChI=1S/C9H14N4O3/c1-15-9-4-8(12-6-13-9)11-2-3-16-5-7(10)14/h4,6H,2-3,5H2,1H3,(H2,10,14)(H,11,12,13). The highest BCUT2D eigenvalue weighted by Gasteiger charge is 1.98. The summed E-state index contributed by atoms with van der Waals surface area (Å²) in [6.07, 6.45) is 1.39. The van der Waals surface area contributed by atoms with Crippen molar-refractivity contribution < 1.29 is 14.3 Å². The molecular formula is C9H14N4O3. The molecule has 0 bridgehead atoms. The predicted molar refractivity (Wildman–Crippen MR) is 57.1 cm³/mol. The molecule has 1 aromatic rings. The Hall–Kier alpha value is -1.89. The van der Waals surface area contributed by atoms with Gasteiger partial charge in [-0.25, -0.2) is 9.97 Å². The van der Waals surface area contributed by atoms with Gasteiger partial charge in [-0.1, -0.05) is 0 Å². The Kier molecular flexibility index (Phi) is 5.00. The molecule has 0 spiro atoms. The largest absolute Gasteiger partial charge is 0.481 e. The quantitative estimate of drug-likeness (QED) is 0.602. The SMILES string of the molecule is COc1cc(NCCOCC(N)=O)ncn1. The van der Waals surface area contributed by atoms with Crippen LogP contribution in [0.1, 0.15) is 0 Å². The molecule has 0 radical (unpaired) electrons. The van der Waals surface area contributed by atoms with Gasteiger partial charge in [0.25, 0.3) is 0 Å². The average Bonchev–Trinajstić information content (AvgIpc) is 2.28. The smallest absolute Gasteiger partial charge is 0.243 e. The minimum Gasteiger partial charge on any atom is -0.481 e. The summed E-state index contributed by atoms with van der Waals surface area (Å²) in [6, 6.07) is 1.66. The monoisotopic (exact) mass is 226 g/mol. The number of anilines is 1. The van der Waals surface area contributed by atoms with Crippen LogP contribution < -0.4 is 15.8 Å². The molecule has 0 aliphatic rings. The Balaban J connectivity index is 2.23. The zero-order valence-corrected chi connectivity index (χ0v) is 8.97. The molecule has 0 saturated heterocycles. The van der Waals surface area contributed by atoms with Crippen molar-refractivity contribution in [3.63, 3.8) is 0 Å². The fourth-order valence-electron chi connectivity index (χ4n) is 0.972. The minimum absolute atomic E-state index is 0.0746. The first-order chi connectivity index (χ1) is 7.72. The molecule has 7 nitrogen and oxygen atoms in total. The average molecular weight is 226 g/mol. The third-order valence-electron chi connectivity index (χ3n) is 1.65. The van der Waals surface area contributed by atoms with Crippen LogP contribution in [0.3, 0.4) is 0 Å². The van der Waals surface area contributed by atoms with E-state index in [0.717, 1.165) is 0 Å². The number of nitrogens with one attached hydrogen (secondary N) is 1. The summed E-state index contributed by atoms with van der Waals surface area (Å²) in [4.78, 5) is 18.2. The van der Waals surface area contributed by atoms with Crippen molar-refractivity contribution in [2.45, 2.75) is 0 Å². The molecule has 0 fully saturated rings. The number of primary amides is 1. The fraction of sp³-hybridized carbons (Fsp3) is 0.444. The number of carbonyl (C=O) groups is 1. The molecule has 0 saturated carbocycles. The third kappa shape index (κ3) is 4.56. The van der Waals surface area contributed by atoms with Crippen molar-refractivity contribution >= 4 is 11.7 Å². The number of carbonyl (C=O) groups excluding carboxylic acids is 1. The Morgan fingerprint density at radius 3 is 3.06 bits per heavy atom. The molecule has 0 aliphatic carbocycles. The van der Waals surface area contributed by atoms with Gasteiger partial charge in [-0.3, -0.25) is 4.79 Å². The topological polar surface area (TPSA) is 99.4 Å². The second kappa shape index (κ2) is 6.57. The number of aromatic nitrogens is 2. The second-order valence-corrected chi connectivity index (χ2v) is 2.89. The molecule has 1 aromatic heterocycles. The lowest BCUT2D eigenvalue weighted by Crippen LogP contribution is -2.20. The molecule has 1 rings (SSSR count). The maximum atomic E-state index is 10.4. The highest BCUT2D eigenvalue weighted by atomic mass is 16.5. The Labute approximate surface area is 93.0 Å². The van der Waals surface area contributed by atoms with E-state index < -0.39 is 5.91 Å². The summed E-state index contributed by atoms with van der Waals surface area (Å²) >= 11 is 0. The van der Waals surface area contributed by atoms with Crippen LogP contribution in [0.5, 0.6) is 5.88 Å². The van der Waals surface area contributed by atoms with E-state index in [2.05, 4.69) is 15.3 Å². The van der Waals surface area contributed by atoms with E-state index in [-0.39, 0.29) is 6.61 Å². The van der Waals surface area contributed by atoms with Crippen LogP contribution in [0.25, 0.3) is 0 Å². The lowest BCUT2D eigenvalue weighted by molar-refractivity contribution is -0.122. The van der Waals surface area contributed by atoms with Gasteiger partial charge in [0, 0.05) is 12.6 Å². The maximum absolute atomic E-state index is 10.4. The van der Waals surface area contributed by atoms with E-state index in [1.165, 1.54) is 13.4 Å². The summed E-state index contributed by atoms with van der Waals surface area (Å²) in [5, 5.41) is 2.98. The second-order valence-electron chi connectivity index (χ2n) is 2.89. The molecule has 0 atom stereocenters. The van der Waals surface area contributed by atoms with Gasteiger partial charge in [0.15, 0.2) is 0 Å². The number of nitrogens with two attached hydrogens (primary N) is 1. The normalized spacial score (nSPS) is 9.81. The van der Waals surface area contributed by atoms with Gasteiger partial charge in [-0.2, -0.15) is 0 Å². The van der Waals surface area contributed by atoms with Crippen molar-refractivity contribution in [2.75, 3.05) is 32.2 Å². The maximum Gasteiger partial charge on any atom is 0.243 e. The van der Waals surface area contributed by atoms with Crippen molar-refractivity contribution in [1.29, 1.82) is 0 Å². The summed E-state index contributed by atoms with van der Waals surface area (Å²) in [6.45, 7) is 0.817. The van der Waals surface area contributed by atoms with E-state index in [1.54, 1.807) is 6.07 Å². The molecule has 0 aliphatic heterocycles. The number of rotatable bonds is 7. The summed E-state index contributed by atoms with van der Waals surface area (Å²) in [5.41, 5.74) is 4.90. The third-order valence-corrected chi connectivity index (χ3v) is 1.65. The Bertz CT molecular complexity index is 345. The van der Waals surface area contributed by atoms with Crippen molar-refractivity contribution in [3.05, 3.63) is 12.4 Å². The van der Waals surface area contributed by atoms with Crippen molar-refractivity contribution in [1.82, 2.24) is 9.97 Å². The van der Waals surface area contributed by atoms with E-state index in [0.29, 0.717) is 24.8 Å². The summed E-state index contributed by atoms with van der Waals surface area (Å²) in [5.74, 6) is 0.633. The highest BCUT2D eigenvalue weighted by molar-refractivity contribution is 5.74. The van der Waals surface area contributed by atoms with E-state index in [1.807, 2.05) is 0 Å². The fourth-order valence-corrected chi connectivity index (χ4v) is 0.972. The highest BCUT2D eigenvalue weighted by Crippen LogP contribution is 2.09. The molecule has 0 aromatic carbocycles. The van der Waals surface area contributed by atoms with Gasteiger partial charge < -0.3 is 20.5 Å². The lowest BCUT2D eigenvalue weighted by atomic mass is 10.5. The molecule has 7 heteroatoms. The van der Waals surface area contributed by atoms with Gasteiger partial charge in [-0.05, 0) is 0 Å². The number of nitrogens with zero attached hydrogens (tertiary/aromatic N) is 2. The van der Waals surface area contributed by atoms with Gasteiger partial charge in [0.05, 0.1) is 13.7 Å². The predicted octanol–water partition coefficient (Wildman–Crippen LogP) is -0.601. The van der Waals surface area contributed by atoms with Crippen molar-refractivity contribution in [3.8, 4) is 5.88 Å². The van der Waals surface area contributed by atoms with E-state index >= 15 is 0 Å². The first kappa shape index (κ1) is 12.2. The Morgan fingerprint density at radius 2 is 2.38 bits per heavy atom. The van der Waals surface area contributed by atoms with Crippen LogP contribution in [0.4, 0.5) is 5.82 Å². The first-order valence-corrected chi connectivity index (χ1v) is 4.68. The zero-order valence-electron chi connectivity index (χ0n) is 8.97. The molecule has 0 unspecified atom stereocenters. The molecule has 1 amide bonds. The van der Waals surface area contributed by atoms with E-state index in [9.17, 15) is 4.79 Å². The van der Waals surface area contributed by atoms with Gasteiger partial charge >= 0.3 is 0 Å². The van der Waals surface area contributed by atoms with Crippen LogP contribution in [0, 0.1) is 0 Å². The molecule has 1 heterocycles. The van der Waals surface area contributed by atoms with Crippen LogP contribution in [0.15, 0.2) is 12.4 Å². The summed E-state index contributed by atoms with van der Waals surface area (Å²) < 4.78 is 9.89. The van der Waals surface area contributed by atoms with Crippen LogP contribution in [-0.2, 0) is 9.53 Å². The van der Waals surface area contributed by atoms with Gasteiger partial charge in [0.1, 0.15) is 18.8 Å². The zero-order chi connectivity index (χ0) is 11.8. The number of ether oxygens (including phenoxy) is 2.